The van der Waals surface area contributed by atoms with E-state index in [-0.39, 0.29) is 24.2 Å². The molecule has 2 aliphatic heterocycles. The van der Waals surface area contributed by atoms with Gasteiger partial charge in [0.1, 0.15) is 18.0 Å². The SMILES string of the molecule is Cc1c(O)cccc1C(=O)N1CC[C@@]2(CN(C)C(=O)CO2)C1. The zero-order valence-electron chi connectivity index (χ0n) is 12.8. The van der Waals surface area contributed by atoms with Gasteiger partial charge in [-0.05, 0) is 25.5 Å². The predicted octanol–water partition coefficient (Wildman–Crippen LogP) is 0.774. The summed E-state index contributed by atoms with van der Waals surface area (Å²) in [7, 11) is 1.76. The lowest BCUT2D eigenvalue weighted by Crippen LogP contribution is -2.54. The average Bonchev–Trinajstić information content (AvgIpc) is 2.90. The van der Waals surface area contributed by atoms with Crippen molar-refractivity contribution in [3.8, 4) is 5.75 Å². The molecule has 1 N–H and O–H groups in total. The van der Waals surface area contributed by atoms with Gasteiger partial charge in [-0.2, -0.15) is 0 Å². The summed E-state index contributed by atoms with van der Waals surface area (Å²) in [5.74, 6) is -0.00772. The molecule has 2 fully saturated rings. The molecular weight excluding hydrogens is 284 g/mol. The number of likely N-dealkylation sites (tertiary alicyclic amines) is 1. The molecule has 2 aliphatic rings. The van der Waals surface area contributed by atoms with Crippen LogP contribution in [0.2, 0.25) is 0 Å². The zero-order valence-corrected chi connectivity index (χ0v) is 12.8. The highest BCUT2D eigenvalue weighted by Crippen LogP contribution is 2.31. The number of nitrogens with zero attached hydrogens (tertiary/aromatic N) is 2. The molecule has 1 aromatic carbocycles. The van der Waals surface area contributed by atoms with Crippen LogP contribution < -0.4 is 0 Å². The molecule has 0 saturated carbocycles. The fourth-order valence-corrected chi connectivity index (χ4v) is 3.18. The quantitative estimate of drug-likeness (QED) is 0.832. The monoisotopic (exact) mass is 304 g/mol. The zero-order chi connectivity index (χ0) is 15.9. The summed E-state index contributed by atoms with van der Waals surface area (Å²) in [5.41, 5.74) is 0.644. The Hall–Kier alpha value is -2.08. The van der Waals surface area contributed by atoms with Gasteiger partial charge in [0.15, 0.2) is 0 Å². The van der Waals surface area contributed by atoms with E-state index in [1.54, 1.807) is 42.0 Å². The van der Waals surface area contributed by atoms with Crippen molar-refractivity contribution in [1.82, 2.24) is 9.80 Å². The number of phenolic OH excluding ortho intramolecular Hbond substituents is 1. The van der Waals surface area contributed by atoms with E-state index in [0.29, 0.717) is 37.2 Å². The van der Waals surface area contributed by atoms with Crippen molar-refractivity contribution in [2.75, 3.05) is 33.3 Å². The first-order valence-electron chi connectivity index (χ1n) is 7.38. The average molecular weight is 304 g/mol. The first kappa shape index (κ1) is 14.8. The molecule has 0 aromatic heterocycles. The molecule has 0 unspecified atom stereocenters. The maximum atomic E-state index is 12.7. The molecule has 22 heavy (non-hydrogen) atoms. The van der Waals surface area contributed by atoms with Gasteiger partial charge in [0.05, 0.1) is 13.1 Å². The number of amides is 2. The summed E-state index contributed by atoms with van der Waals surface area (Å²) >= 11 is 0. The molecule has 118 valence electrons. The molecule has 1 spiro atoms. The molecule has 1 atom stereocenters. The van der Waals surface area contributed by atoms with E-state index in [1.807, 2.05) is 0 Å². The highest BCUT2D eigenvalue weighted by Gasteiger charge is 2.45. The van der Waals surface area contributed by atoms with Gasteiger partial charge in [0, 0.05) is 24.7 Å². The number of hydrogen-bond donors (Lipinski definition) is 1. The smallest absolute Gasteiger partial charge is 0.254 e. The summed E-state index contributed by atoms with van der Waals surface area (Å²) in [6.07, 6.45) is 0.716. The highest BCUT2D eigenvalue weighted by atomic mass is 16.5. The van der Waals surface area contributed by atoms with Crippen LogP contribution in [-0.2, 0) is 9.53 Å². The van der Waals surface area contributed by atoms with Gasteiger partial charge in [-0.3, -0.25) is 9.59 Å². The van der Waals surface area contributed by atoms with Crippen molar-refractivity contribution < 1.29 is 19.4 Å². The van der Waals surface area contributed by atoms with Crippen LogP contribution in [0.25, 0.3) is 0 Å². The molecule has 0 aliphatic carbocycles. The molecule has 2 saturated heterocycles. The van der Waals surface area contributed by atoms with Crippen molar-refractivity contribution >= 4 is 11.8 Å². The Morgan fingerprint density at radius 2 is 2.14 bits per heavy atom. The van der Waals surface area contributed by atoms with Crippen molar-refractivity contribution in [1.29, 1.82) is 0 Å². The second-order valence-corrected chi connectivity index (χ2v) is 6.15. The van der Waals surface area contributed by atoms with E-state index in [1.165, 1.54) is 0 Å². The van der Waals surface area contributed by atoms with Crippen LogP contribution in [0.3, 0.4) is 0 Å². The van der Waals surface area contributed by atoms with E-state index < -0.39 is 5.60 Å². The van der Waals surface area contributed by atoms with E-state index in [4.69, 9.17) is 4.74 Å². The molecule has 0 radical (unpaired) electrons. The Labute approximate surface area is 129 Å². The normalized spacial score (nSPS) is 25.1. The van der Waals surface area contributed by atoms with Crippen LogP contribution in [0.5, 0.6) is 5.75 Å². The van der Waals surface area contributed by atoms with E-state index >= 15 is 0 Å². The molecule has 3 rings (SSSR count). The Morgan fingerprint density at radius 3 is 2.86 bits per heavy atom. The number of aromatic hydroxyl groups is 1. The van der Waals surface area contributed by atoms with Gasteiger partial charge in [-0.25, -0.2) is 0 Å². The number of morpholine rings is 1. The molecule has 1 aromatic rings. The fraction of sp³-hybridized carbons (Fsp3) is 0.500. The molecule has 2 amide bonds. The number of ether oxygens (including phenoxy) is 1. The van der Waals surface area contributed by atoms with Gasteiger partial charge >= 0.3 is 0 Å². The summed E-state index contributed by atoms with van der Waals surface area (Å²) in [6, 6.07) is 4.97. The number of likely N-dealkylation sites (N-methyl/N-ethyl adjacent to an activating group) is 1. The summed E-state index contributed by atoms with van der Waals surface area (Å²) < 4.78 is 5.74. The lowest BCUT2D eigenvalue weighted by Gasteiger charge is -2.38. The highest BCUT2D eigenvalue weighted by molar-refractivity contribution is 5.96. The minimum Gasteiger partial charge on any atom is -0.508 e. The number of hydrogen-bond acceptors (Lipinski definition) is 4. The molecular formula is C16H20N2O4. The molecule has 0 bridgehead atoms. The van der Waals surface area contributed by atoms with Gasteiger partial charge in [0.25, 0.3) is 5.91 Å². The van der Waals surface area contributed by atoms with Crippen LogP contribution in [0.1, 0.15) is 22.3 Å². The molecule has 6 heteroatoms. The second kappa shape index (κ2) is 5.28. The topological polar surface area (TPSA) is 70.1 Å². The van der Waals surface area contributed by atoms with Crippen molar-refractivity contribution in [3.63, 3.8) is 0 Å². The third kappa shape index (κ3) is 2.43. The van der Waals surface area contributed by atoms with Gasteiger partial charge < -0.3 is 19.6 Å². The number of rotatable bonds is 1. The Kier molecular flexibility index (Phi) is 3.56. The maximum absolute atomic E-state index is 12.7. The second-order valence-electron chi connectivity index (χ2n) is 6.15. The standard InChI is InChI=1S/C16H20N2O4/c1-11-12(4-3-5-13(11)19)15(21)18-7-6-16(10-18)9-17(2)14(20)8-22-16/h3-5,19H,6-10H2,1-2H3/t16-/m1/s1. The summed E-state index contributed by atoms with van der Waals surface area (Å²) in [6.45, 7) is 3.38. The number of carbonyl (C=O) groups excluding carboxylic acids is 2. The first-order valence-corrected chi connectivity index (χ1v) is 7.38. The lowest BCUT2D eigenvalue weighted by atomic mass is 10.0. The van der Waals surface area contributed by atoms with E-state index in [9.17, 15) is 14.7 Å². The fourth-order valence-electron chi connectivity index (χ4n) is 3.18. The number of benzene rings is 1. The van der Waals surface area contributed by atoms with Crippen molar-refractivity contribution in [3.05, 3.63) is 29.3 Å². The van der Waals surface area contributed by atoms with Crippen LogP contribution >= 0.6 is 0 Å². The van der Waals surface area contributed by atoms with Gasteiger partial charge in [-0.15, -0.1) is 0 Å². The maximum Gasteiger partial charge on any atom is 0.254 e. The van der Waals surface area contributed by atoms with Crippen LogP contribution in [0.15, 0.2) is 18.2 Å². The minimum absolute atomic E-state index is 0.0285. The Balaban J connectivity index is 1.76. The molecule has 6 nitrogen and oxygen atoms in total. The Morgan fingerprint density at radius 1 is 1.36 bits per heavy atom. The van der Waals surface area contributed by atoms with E-state index in [0.717, 1.165) is 0 Å². The minimum atomic E-state index is -0.455. The third-order valence-electron chi connectivity index (χ3n) is 4.59. The van der Waals surface area contributed by atoms with Crippen LogP contribution in [-0.4, -0.2) is 65.6 Å². The number of carbonyl (C=O) groups is 2. The van der Waals surface area contributed by atoms with Crippen molar-refractivity contribution in [2.45, 2.75) is 18.9 Å². The predicted molar refractivity (Wildman–Crippen MR) is 79.7 cm³/mol. The lowest BCUT2D eigenvalue weighted by molar-refractivity contribution is -0.158. The largest absolute Gasteiger partial charge is 0.508 e. The number of phenols is 1. The van der Waals surface area contributed by atoms with Gasteiger partial charge in [0.2, 0.25) is 5.91 Å². The van der Waals surface area contributed by atoms with Gasteiger partial charge in [-0.1, -0.05) is 6.07 Å². The Bertz CT molecular complexity index is 631. The summed E-state index contributed by atoms with van der Waals surface area (Å²) in [5, 5.41) is 9.76. The van der Waals surface area contributed by atoms with Crippen LogP contribution in [0, 0.1) is 6.92 Å². The van der Waals surface area contributed by atoms with Crippen molar-refractivity contribution in [2.24, 2.45) is 0 Å². The van der Waals surface area contributed by atoms with E-state index in [2.05, 4.69) is 0 Å². The first-order chi connectivity index (χ1) is 10.4. The third-order valence-corrected chi connectivity index (χ3v) is 4.59. The molecule has 2 heterocycles. The summed E-state index contributed by atoms with van der Waals surface area (Å²) in [4.78, 5) is 27.6. The van der Waals surface area contributed by atoms with Crippen LogP contribution in [0.4, 0.5) is 0 Å².